The minimum absolute atomic E-state index is 0.0804. The Kier molecular flexibility index (Phi) is 3.34. The summed E-state index contributed by atoms with van der Waals surface area (Å²) in [4.78, 5) is 15.8. The summed E-state index contributed by atoms with van der Waals surface area (Å²) >= 11 is 5.74. The number of hydrogen-bond donors (Lipinski definition) is 3. The van der Waals surface area contributed by atoms with Gasteiger partial charge in [0.05, 0.1) is 5.56 Å². The Balaban J connectivity index is 2.25. The number of aromatic nitrogens is 1. The van der Waals surface area contributed by atoms with E-state index in [9.17, 15) is 9.90 Å². The van der Waals surface area contributed by atoms with E-state index in [-0.39, 0.29) is 22.8 Å². The van der Waals surface area contributed by atoms with Gasteiger partial charge in [-0.25, -0.2) is 4.98 Å². The molecule has 1 aromatic carbocycles. The van der Waals surface area contributed by atoms with Gasteiger partial charge in [-0.3, -0.25) is 4.79 Å². The molecule has 0 saturated heterocycles. The van der Waals surface area contributed by atoms with Crippen LogP contribution < -0.4 is 11.1 Å². The lowest BCUT2D eigenvalue weighted by Gasteiger charge is -2.08. The maximum absolute atomic E-state index is 11.9. The van der Waals surface area contributed by atoms with Crippen molar-refractivity contribution in [2.24, 2.45) is 0 Å². The van der Waals surface area contributed by atoms with Crippen molar-refractivity contribution in [3.63, 3.8) is 0 Å². The molecule has 2 aromatic rings. The summed E-state index contributed by atoms with van der Waals surface area (Å²) in [6.07, 6.45) is 1.46. The van der Waals surface area contributed by atoms with Crippen molar-refractivity contribution in [3.8, 4) is 5.75 Å². The molecular formula is C12H10ClN3O2. The summed E-state index contributed by atoms with van der Waals surface area (Å²) in [5, 5.41) is 12.4. The highest BCUT2D eigenvalue weighted by Crippen LogP contribution is 2.22. The van der Waals surface area contributed by atoms with Gasteiger partial charge >= 0.3 is 0 Å². The van der Waals surface area contributed by atoms with Gasteiger partial charge in [0.25, 0.3) is 5.91 Å². The first-order valence-corrected chi connectivity index (χ1v) is 5.46. The molecule has 1 amide bonds. The fourth-order valence-electron chi connectivity index (χ4n) is 1.41. The maximum atomic E-state index is 11.9. The molecule has 1 aromatic heterocycles. The summed E-state index contributed by atoms with van der Waals surface area (Å²) in [5.41, 5.74) is 6.21. The normalized spacial score (nSPS) is 10.1. The molecule has 4 N–H and O–H groups in total. The molecule has 1 heterocycles. The molecule has 0 unspecified atom stereocenters. The first-order valence-electron chi connectivity index (χ1n) is 5.08. The van der Waals surface area contributed by atoms with Gasteiger partial charge < -0.3 is 16.2 Å². The molecule has 18 heavy (non-hydrogen) atoms. The van der Waals surface area contributed by atoms with Crippen LogP contribution in [-0.4, -0.2) is 16.0 Å². The van der Waals surface area contributed by atoms with E-state index in [4.69, 9.17) is 17.3 Å². The molecule has 0 aliphatic carbocycles. The minimum atomic E-state index is -0.460. The Bertz CT molecular complexity index is 602. The number of halogens is 1. The van der Waals surface area contributed by atoms with Gasteiger partial charge in [0.1, 0.15) is 0 Å². The molecule has 0 fully saturated rings. The van der Waals surface area contributed by atoms with Crippen molar-refractivity contribution in [2.75, 3.05) is 11.1 Å². The second-order valence-corrected chi connectivity index (χ2v) is 3.99. The molecule has 2 rings (SSSR count). The zero-order chi connectivity index (χ0) is 13.1. The number of nitrogens with two attached hydrogens (primary N) is 1. The first-order chi connectivity index (χ1) is 8.58. The van der Waals surface area contributed by atoms with E-state index in [0.717, 1.165) is 0 Å². The predicted molar refractivity (Wildman–Crippen MR) is 69.7 cm³/mol. The molecule has 6 heteroatoms. The van der Waals surface area contributed by atoms with Crippen molar-refractivity contribution < 1.29 is 9.90 Å². The van der Waals surface area contributed by atoms with Crippen molar-refractivity contribution in [2.45, 2.75) is 0 Å². The zero-order valence-corrected chi connectivity index (χ0v) is 9.98. The number of anilines is 2. The minimum Gasteiger partial charge on any atom is -0.504 e. The highest BCUT2D eigenvalue weighted by atomic mass is 35.5. The van der Waals surface area contributed by atoms with Gasteiger partial charge in [-0.05, 0) is 30.3 Å². The number of nitrogens with zero attached hydrogens (tertiary/aromatic N) is 1. The first kappa shape index (κ1) is 12.2. The van der Waals surface area contributed by atoms with Gasteiger partial charge in [0.15, 0.2) is 11.6 Å². The van der Waals surface area contributed by atoms with Gasteiger partial charge in [-0.15, -0.1) is 0 Å². The van der Waals surface area contributed by atoms with E-state index in [1.165, 1.54) is 24.4 Å². The molecule has 0 spiro atoms. The lowest BCUT2D eigenvalue weighted by atomic mass is 10.1. The number of pyridine rings is 1. The quantitative estimate of drug-likeness (QED) is 0.725. The monoisotopic (exact) mass is 263 g/mol. The number of rotatable bonds is 2. The molecule has 0 saturated carbocycles. The number of carbonyl (C=O) groups is 1. The van der Waals surface area contributed by atoms with Crippen LogP contribution in [0.4, 0.5) is 11.5 Å². The van der Waals surface area contributed by atoms with Crippen LogP contribution in [-0.2, 0) is 0 Å². The van der Waals surface area contributed by atoms with Gasteiger partial charge in [0, 0.05) is 16.9 Å². The molecule has 0 bridgehead atoms. The van der Waals surface area contributed by atoms with E-state index < -0.39 is 5.91 Å². The van der Waals surface area contributed by atoms with Gasteiger partial charge in [-0.1, -0.05) is 11.6 Å². The van der Waals surface area contributed by atoms with Crippen LogP contribution in [0.1, 0.15) is 10.4 Å². The summed E-state index contributed by atoms with van der Waals surface area (Å²) < 4.78 is 0. The van der Waals surface area contributed by atoms with E-state index in [1.54, 1.807) is 12.1 Å². The Labute approximate surface area is 108 Å². The third-order valence-corrected chi connectivity index (χ3v) is 2.51. The average Bonchev–Trinajstić information content (AvgIpc) is 2.32. The van der Waals surface area contributed by atoms with E-state index in [2.05, 4.69) is 10.3 Å². The van der Waals surface area contributed by atoms with Crippen molar-refractivity contribution in [1.29, 1.82) is 0 Å². The van der Waals surface area contributed by atoms with Crippen LogP contribution in [0.15, 0.2) is 36.5 Å². The van der Waals surface area contributed by atoms with Crippen LogP contribution in [0.2, 0.25) is 5.02 Å². The topological polar surface area (TPSA) is 88.2 Å². The average molecular weight is 264 g/mol. The Morgan fingerprint density at radius 1 is 1.39 bits per heavy atom. The van der Waals surface area contributed by atoms with E-state index in [0.29, 0.717) is 5.02 Å². The number of aromatic hydroxyl groups is 1. The third kappa shape index (κ3) is 2.52. The zero-order valence-electron chi connectivity index (χ0n) is 9.22. The summed E-state index contributed by atoms with van der Waals surface area (Å²) in [5.74, 6) is -0.492. The van der Waals surface area contributed by atoms with Crippen molar-refractivity contribution in [1.82, 2.24) is 4.98 Å². The SMILES string of the molecule is Nc1cc(Cl)ccc1C(=O)Nc1ncccc1O. The van der Waals surface area contributed by atoms with Crippen LogP contribution in [0, 0.1) is 0 Å². The Morgan fingerprint density at radius 2 is 2.17 bits per heavy atom. The number of amides is 1. The molecule has 0 radical (unpaired) electrons. The molecule has 0 atom stereocenters. The lowest BCUT2D eigenvalue weighted by Crippen LogP contribution is -2.14. The molecular weight excluding hydrogens is 254 g/mol. The van der Waals surface area contributed by atoms with E-state index >= 15 is 0 Å². The van der Waals surface area contributed by atoms with Crippen LogP contribution in [0.25, 0.3) is 0 Å². The van der Waals surface area contributed by atoms with Crippen molar-refractivity contribution in [3.05, 3.63) is 47.1 Å². The largest absolute Gasteiger partial charge is 0.504 e. The summed E-state index contributed by atoms with van der Waals surface area (Å²) in [7, 11) is 0. The summed E-state index contributed by atoms with van der Waals surface area (Å²) in [6.45, 7) is 0. The second-order valence-electron chi connectivity index (χ2n) is 3.56. The number of nitrogen functional groups attached to an aromatic ring is 1. The highest BCUT2D eigenvalue weighted by Gasteiger charge is 2.12. The Morgan fingerprint density at radius 3 is 2.83 bits per heavy atom. The highest BCUT2D eigenvalue weighted by molar-refractivity contribution is 6.31. The van der Waals surface area contributed by atoms with Crippen molar-refractivity contribution >= 4 is 29.0 Å². The number of carbonyl (C=O) groups excluding carboxylic acids is 1. The lowest BCUT2D eigenvalue weighted by molar-refractivity contribution is 0.102. The van der Waals surface area contributed by atoms with E-state index in [1.807, 2.05) is 0 Å². The smallest absolute Gasteiger partial charge is 0.259 e. The maximum Gasteiger partial charge on any atom is 0.259 e. The Hall–Kier alpha value is -2.27. The molecule has 5 nitrogen and oxygen atoms in total. The second kappa shape index (κ2) is 4.93. The number of nitrogens with one attached hydrogen (secondary N) is 1. The fourth-order valence-corrected chi connectivity index (χ4v) is 1.59. The predicted octanol–water partition coefficient (Wildman–Crippen LogP) is 2.28. The number of hydrogen-bond acceptors (Lipinski definition) is 4. The molecule has 0 aliphatic rings. The standard InChI is InChI=1S/C12H10ClN3O2/c13-7-3-4-8(9(14)6-7)12(18)16-11-10(17)2-1-5-15-11/h1-6,17H,14H2,(H,15,16,18). The molecule has 0 aliphatic heterocycles. The van der Waals surface area contributed by atoms with Crippen LogP contribution in [0.5, 0.6) is 5.75 Å². The molecule has 92 valence electrons. The van der Waals surface area contributed by atoms with Gasteiger partial charge in [0.2, 0.25) is 0 Å². The third-order valence-electron chi connectivity index (χ3n) is 2.28. The number of benzene rings is 1. The van der Waals surface area contributed by atoms with Gasteiger partial charge in [-0.2, -0.15) is 0 Å². The van der Waals surface area contributed by atoms with Crippen LogP contribution >= 0.6 is 11.6 Å². The van der Waals surface area contributed by atoms with Crippen LogP contribution in [0.3, 0.4) is 0 Å². The summed E-state index contributed by atoms with van der Waals surface area (Å²) in [6, 6.07) is 7.53. The fraction of sp³-hybridized carbons (Fsp3) is 0.